The van der Waals surface area contributed by atoms with Crippen LogP contribution in [0.5, 0.6) is 0 Å². The van der Waals surface area contributed by atoms with Crippen LogP contribution in [-0.2, 0) is 16.1 Å². The highest BCUT2D eigenvalue weighted by Crippen LogP contribution is 2.30. The molecule has 1 aromatic heterocycles. The number of nitrogens with two attached hydrogens (primary N) is 1. The van der Waals surface area contributed by atoms with Crippen molar-refractivity contribution in [2.24, 2.45) is 11.1 Å². The van der Waals surface area contributed by atoms with Gasteiger partial charge in [0, 0.05) is 19.5 Å². The topological polar surface area (TPSA) is 109 Å². The van der Waals surface area contributed by atoms with Gasteiger partial charge in [0.15, 0.2) is 0 Å². The molecule has 3 rings (SSSR count). The summed E-state index contributed by atoms with van der Waals surface area (Å²) in [5.74, 6) is -0.576. The molecule has 3 atom stereocenters. The van der Waals surface area contributed by atoms with Gasteiger partial charge in [0.05, 0.1) is 27.7 Å². The molecule has 0 saturated carbocycles. The van der Waals surface area contributed by atoms with Gasteiger partial charge in [0.1, 0.15) is 6.04 Å². The average molecular weight is 445 g/mol. The molecule has 8 heteroatoms. The van der Waals surface area contributed by atoms with E-state index in [1.165, 1.54) is 4.90 Å². The zero-order valence-corrected chi connectivity index (χ0v) is 19.6. The van der Waals surface area contributed by atoms with Crippen molar-refractivity contribution in [1.82, 2.24) is 15.2 Å². The highest BCUT2D eigenvalue weighted by Gasteiger charge is 2.42. The second-order valence-corrected chi connectivity index (χ2v) is 10.5. The largest absolute Gasteiger partial charge is 0.391 e. The Kier molecular flexibility index (Phi) is 6.83. The Bertz CT molecular complexity index is 949. The molecule has 1 fully saturated rings. The van der Waals surface area contributed by atoms with Gasteiger partial charge in [-0.1, -0.05) is 45.0 Å². The number of aliphatic hydroxyl groups excluding tert-OH is 1. The van der Waals surface area contributed by atoms with Gasteiger partial charge in [-0.3, -0.25) is 9.59 Å². The van der Waals surface area contributed by atoms with E-state index in [4.69, 9.17) is 5.73 Å². The Morgan fingerprint density at radius 2 is 1.94 bits per heavy atom. The summed E-state index contributed by atoms with van der Waals surface area (Å²) in [7, 11) is 0. The zero-order chi connectivity index (χ0) is 22.9. The highest BCUT2D eigenvalue weighted by atomic mass is 32.1. The standard InChI is InChI=1S/C23H32N4O3S/c1-13-19(31-14(2)26-13)16-8-6-15(7-9-16)11-25-21(29)18-10-17(28)12-27(18)22(30)20(24)23(3,4)5/h6-9,17-18,20,28H,10-12,24H2,1-5H3,(H,25,29)/t17-,18+,20-/m1/s1. The lowest BCUT2D eigenvalue weighted by atomic mass is 9.86. The summed E-state index contributed by atoms with van der Waals surface area (Å²) in [4.78, 5) is 32.7. The lowest BCUT2D eigenvalue weighted by Crippen LogP contribution is -2.54. The van der Waals surface area contributed by atoms with Crippen LogP contribution in [0.3, 0.4) is 0 Å². The van der Waals surface area contributed by atoms with Crippen molar-refractivity contribution < 1.29 is 14.7 Å². The van der Waals surface area contributed by atoms with E-state index in [-0.39, 0.29) is 24.8 Å². The van der Waals surface area contributed by atoms with Crippen molar-refractivity contribution in [1.29, 1.82) is 0 Å². The predicted octanol–water partition coefficient (Wildman–Crippen LogP) is 2.38. The van der Waals surface area contributed by atoms with Crippen molar-refractivity contribution >= 4 is 23.2 Å². The smallest absolute Gasteiger partial charge is 0.243 e. The van der Waals surface area contributed by atoms with Crippen LogP contribution in [0.25, 0.3) is 10.4 Å². The third kappa shape index (κ3) is 5.31. The number of nitrogens with one attached hydrogen (secondary N) is 1. The zero-order valence-electron chi connectivity index (χ0n) is 18.8. The molecular weight excluding hydrogens is 412 g/mol. The van der Waals surface area contributed by atoms with Crippen molar-refractivity contribution in [2.45, 2.75) is 65.8 Å². The van der Waals surface area contributed by atoms with Crippen LogP contribution >= 0.6 is 11.3 Å². The predicted molar refractivity (Wildman–Crippen MR) is 122 cm³/mol. The van der Waals surface area contributed by atoms with Gasteiger partial charge < -0.3 is 21.1 Å². The summed E-state index contributed by atoms with van der Waals surface area (Å²) in [5, 5.41) is 14.0. The van der Waals surface area contributed by atoms with E-state index in [1.807, 2.05) is 58.9 Å². The maximum Gasteiger partial charge on any atom is 0.243 e. The number of aryl methyl sites for hydroxylation is 2. The maximum absolute atomic E-state index is 12.8. The summed E-state index contributed by atoms with van der Waals surface area (Å²) in [6.45, 7) is 10.1. The fraction of sp³-hybridized carbons (Fsp3) is 0.522. The number of rotatable bonds is 5. The van der Waals surface area contributed by atoms with Crippen molar-refractivity contribution in [3.05, 3.63) is 40.5 Å². The molecule has 0 spiro atoms. The number of aromatic nitrogens is 1. The molecule has 1 aliphatic rings. The van der Waals surface area contributed by atoms with E-state index >= 15 is 0 Å². The first-order valence-corrected chi connectivity index (χ1v) is 11.3. The van der Waals surface area contributed by atoms with E-state index in [2.05, 4.69) is 10.3 Å². The number of hydrogen-bond donors (Lipinski definition) is 3. The average Bonchev–Trinajstić information content (AvgIpc) is 3.26. The Labute approximate surface area is 187 Å². The number of amides is 2. The summed E-state index contributed by atoms with van der Waals surface area (Å²) in [5.41, 5.74) is 8.76. The number of carbonyl (C=O) groups excluding carboxylic acids is 2. The highest BCUT2D eigenvalue weighted by molar-refractivity contribution is 7.15. The first-order valence-electron chi connectivity index (χ1n) is 10.5. The second kappa shape index (κ2) is 9.06. The molecule has 2 amide bonds. The molecule has 1 aromatic carbocycles. The molecule has 1 saturated heterocycles. The van der Waals surface area contributed by atoms with Crippen LogP contribution in [0.4, 0.5) is 0 Å². The SMILES string of the molecule is Cc1nc(C)c(-c2ccc(CNC(=O)[C@@H]3C[C@@H](O)CN3C(=O)[C@@H](N)C(C)(C)C)cc2)s1. The fourth-order valence-corrected chi connectivity index (χ4v) is 4.66. The Morgan fingerprint density at radius 1 is 1.29 bits per heavy atom. The molecule has 168 valence electrons. The molecule has 0 radical (unpaired) electrons. The fourth-order valence-electron chi connectivity index (χ4n) is 3.74. The van der Waals surface area contributed by atoms with Gasteiger partial charge >= 0.3 is 0 Å². The van der Waals surface area contributed by atoms with Crippen LogP contribution in [0.2, 0.25) is 0 Å². The van der Waals surface area contributed by atoms with Gasteiger partial charge in [0.2, 0.25) is 11.8 Å². The number of nitrogens with zero attached hydrogens (tertiary/aromatic N) is 2. The van der Waals surface area contributed by atoms with Crippen LogP contribution in [0.15, 0.2) is 24.3 Å². The molecule has 2 heterocycles. The van der Waals surface area contributed by atoms with Crippen molar-refractivity contribution in [2.75, 3.05) is 6.54 Å². The van der Waals surface area contributed by atoms with Gasteiger partial charge in [0.25, 0.3) is 0 Å². The summed E-state index contributed by atoms with van der Waals surface area (Å²) < 4.78 is 0. The lowest BCUT2D eigenvalue weighted by molar-refractivity contribution is -0.141. The molecule has 31 heavy (non-hydrogen) atoms. The van der Waals surface area contributed by atoms with E-state index in [0.717, 1.165) is 26.7 Å². The first kappa shape index (κ1) is 23.4. The number of aliphatic hydroxyl groups is 1. The third-order valence-electron chi connectivity index (χ3n) is 5.65. The molecule has 4 N–H and O–H groups in total. The minimum atomic E-state index is -0.737. The van der Waals surface area contributed by atoms with Crippen LogP contribution < -0.4 is 11.1 Å². The minimum absolute atomic E-state index is 0.128. The maximum atomic E-state index is 12.8. The number of carbonyl (C=O) groups is 2. The molecule has 0 aliphatic carbocycles. The summed E-state index contributed by atoms with van der Waals surface area (Å²) in [6.07, 6.45) is -0.505. The Morgan fingerprint density at radius 3 is 2.48 bits per heavy atom. The number of benzene rings is 1. The van der Waals surface area contributed by atoms with Gasteiger partial charge in [-0.2, -0.15) is 0 Å². The molecule has 7 nitrogen and oxygen atoms in total. The molecule has 1 aliphatic heterocycles. The van der Waals surface area contributed by atoms with E-state index in [9.17, 15) is 14.7 Å². The van der Waals surface area contributed by atoms with E-state index < -0.39 is 23.6 Å². The number of thiazole rings is 1. The van der Waals surface area contributed by atoms with Gasteiger partial charge in [-0.25, -0.2) is 4.98 Å². The number of likely N-dealkylation sites (tertiary alicyclic amines) is 1. The number of β-amino-alcohol motifs (C(OH)–C–C–N with tert-alkyl or cyclic N) is 1. The first-order chi connectivity index (χ1) is 14.5. The Balaban J connectivity index is 1.64. The van der Waals surface area contributed by atoms with Crippen LogP contribution in [0.1, 0.15) is 43.5 Å². The molecule has 0 unspecified atom stereocenters. The summed E-state index contributed by atoms with van der Waals surface area (Å²) >= 11 is 1.66. The minimum Gasteiger partial charge on any atom is -0.391 e. The second-order valence-electron chi connectivity index (χ2n) is 9.30. The van der Waals surface area contributed by atoms with Crippen molar-refractivity contribution in [3.8, 4) is 10.4 Å². The third-order valence-corrected chi connectivity index (χ3v) is 6.77. The molecule has 2 aromatic rings. The normalized spacial score (nSPS) is 20.0. The van der Waals surface area contributed by atoms with E-state index in [0.29, 0.717) is 6.54 Å². The number of hydrogen-bond acceptors (Lipinski definition) is 6. The lowest BCUT2D eigenvalue weighted by Gasteiger charge is -2.32. The Hall–Kier alpha value is -2.29. The van der Waals surface area contributed by atoms with Crippen molar-refractivity contribution in [3.63, 3.8) is 0 Å². The van der Waals surface area contributed by atoms with Crippen LogP contribution in [-0.4, -0.2) is 51.5 Å². The van der Waals surface area contributed by atoms with Gasteiger partial charge in [-0.05, 0) is 30.4 Å². The van der Waals surface area contributed by atoms with E-state index in [1.54, 1.807) is 11.3 Å². The van der Waals surface area contributed by atoms with Gasteiger partial charge in [-0.15, -0.1) is 11.3 Å². The molecular formula is C23H32N4O3S. The quantitative estimate of drug-likeness (QED) is 0.656. The van der Waals surface area contributed by atoms with Crippen LogP contribution in [0, 0.1) is 19.3 Å². The molecule has 0 bridgehead atoms. The summed E-state index contributed by atoms with van der Waals surface area (Å²) in [6, 6.07) is 6.56. The monoisotopic (exact) mass is 444 g/mol.